The molecule has 0 saturated carbocycles. The van der Waals surface area contributed by atoms with Crippen molar-refractivity contribution in [2.24, 2.45) is 9.98 Å². The summed E-state index contributed by atoms with van der Waals surface area (Å²) in [5.74, 6) is 1.51. The van der Waals surface area contributed by atoms with Crippen LogP contribution in [0.5, 0.6) is 0 Å². The highest BCUT2D eigenvalue weighted by molar-refractivity contribution is 6.13. The van der Waals surface area contributed by atoms with Crippen LogP contribution in [0, 0.1) is 11.3 Å². The van der Waals surface area contributed by atoms with Crippen molar-refractivity contribution in [3.63, 3.8) is 0 Å². The lowest BCUT2D eigenvalue weighted by atomic mass is 9.88. The van der Waals surface area contributed by atoms with Crippen LogP contribution < -0.4 is 5.32 Å². The largest absolute Gasteiger partial charge is 0.344 e. The summed E-state index contributed by atoms with van der Waals surface area (Å²) in [7, 11) is 0. The van der Waals surface area contributed by atoms with E-state index in [-0.39, 0.29) is 6.17 Å². The molecule has 226 valence electrons. The Morgan fingerprint density at radius 3 is 1.92 bits per heavy atom. The van der Waals surface area contributed by atoms with Gasteiger partial charge in [-0.1, -0.05) is 152 Å². The lowest BCUT2D eigenvalue weighted by Crippen LogP contribution is -2.33. The van der Waals surface area contributed by atoms with Gasteiger partial charge in [0.15, 0.2) is 5.84 Å². The van der Waals surface area contributed by atoms with Gasteiger partial charge in [-0.05, 0) is 67.9 Å². The highest BCUT2D eigenvalue weighted by Crippen LogP contribution is 2.40. The van der Waals surface area contributed by atoms with Gasteiger partial charge in [-0.15, -0.1) is 0 Å². The molecule has 0 fully saturated rings. The summed E-state index contributed by atoms with van der Waals surface area (Å²) >= 11 is 0. The second-order valence-electron chi connectivity index (χ2n) is 11.8. The molecule has 1 aliphatic heterocycles. The number of rotatable bonds is 6. The van der Waals surface area contributed by atoms with Crippen molar-refractivity contribution in [1.82, 2.24) is 5.32 Å². The number of nitrogens with zero attached hydrogens (tertiary/aromatic N) is 3. The summed E-state index contributed by atoms with van der Waals surface area (Å²) in [4.78, 5) is 9.99. The minimum absolute atomic E-state index is 0.293. The quantitative estimate of drug-likeness (QED) is 0.203. The molecule has 0 aliphatic carbocycles. The first-order chi connectivity index (χ1) is 23.7. The molecule has 0 aromatic heterocycles. The van der Waals surface area contributed by atoms with Crippen molar-refractivity contribution in [2.45, 2.75) is 6.17 Å². The molecule has 1 heterocycles. The molecule has 4 heteroatoms. The Labute approximate surface area is 280 Å². The number of nitriles is 1. The normalized spacial score (nSPS) is 14.0. The molecule has 1 atom stereocenters. The van der Waals surface area contributed by atoms with E-state index >= 15 is 0 Å². The van der Waals surface area contributed by atoms with E-state index in [9.17, 15) is 5.26 Å². The van der Waals surface area contributed by atoms with Gasteiger partial charge in [-0.2, -0.15) is 5.26 Å². The molecule has 4 nitrogen and oxygen atoms in total. The van der Waals surface area contributed by atoms with E-state index in [2.05, 4.69) is 121 Å². The van der Waals surface area contributed by atoms with Crippen LogP contribution in [0.2, 0.25) is 0 Å². The van der Waals surface area contributed by atoms with E-state index < -0.39 is 0 Å². The Balaban J connectivity index is 1.19. The van der Waals surface area contributed by atoms with Crippen molar-refractivity contribution < 1.29 is 0 Å². The van der Waals surface area contributed by atoms with Crippen LogP contribution in [-0.4, -0.2) is 11.7 Å². The van der Waals surface area contributed by atoms with Gasteiger partial charge in [0, 0.05) is 11.1 Å². The molecule has 1 aliphatic rings. The number of nitrogens with one attached hydrogen (secondary N) is 1. The fourth-order valence-corrected chi connectivity index (χ4v) is 6.34. The third kappa shape index (κ3) is 5.66. The monoisotopic (exact) mass is 614 g/mol. The smallest absolute Gasteiger partial charge is 0.159 e. The number of benzene rings is 7. The maximum Gasteiger partial charge on any atom is 0.159 e. The molecular weight excluding hydrogens is 585 g/mol. The minimum Gasteiger partial charge on any atom is -0.344 e. The van der Waals surface area contributed by atoms with Crippen molar-refractivity contribution in [1.29, 1.82) is 5.26 Å². The zero-order valence-electron chi connectivity index (χ0n) is 26.1. The SMILES string of the molecule is N#Cc1ccc(-c2cccc(-c3ccc4ccccc4c3-c3ccc(C4N=C(c5ccccc5)N=C(c5ccccc5)N4)cc3)c2)cc1. The lowest BCUT2D eigenvalue weighted by Gasteiger charge is -2.24. The minimum atomic E-state index is -0.293. The number of amidine groups is 2. The summed E-state index contributed by atoms with van der Waals surface area (Å²) in [6.45, 7) is 0. The third-order valence-electron chi connectivity index (χ3n) is 8.79. The second-order valence-corrected chi connectivity index (χ2v) is 11.8. The van der Waals surface area contributed by atoms with E-state index in [0.717, 1.165) is 50.3 Å². The summed E-state index contributed by atoms with van der Waals surface area (Å²) in [5, 5.41) is 15.2. The van der Waals surface area contributed by atoms with Gasteiger partial charge in [0.1, 0.15) is 12.0 Å². The zero-order valence-corrected chi connectivity index (χ0v) is 26.1. The average Bonchev–Trinajstić information content (AvgIpc) is 3.18. The molecular formula is C44H30N4. The summed E-state index contributed by atoms with van der Waals surface area (Å²) < 4.78 is 0. The van der Waals surface area contributed by atoms with Gasteiger partial charge in [-0.3, -0.25) is 0 Å². The number of aliphatic imine (C=N–C) groups is 2. The van der Waals surface area contributed by atoms with Crippen LogP contribution in [0.1, 0.15) is 28.4 Å². The Morgan fingerprint density at radius 1 is 0.521 bits per heavy atom. The number of hydrogen-bond donors (Lipinski definition) is 1. The molecule has 48 heavy (non-hydrogen) atoms. The van der Waals surface area contributed by atoms with E-state index in [0.29, 0.717) is 11.4 Å². The average molecular weight is 615 g/mol. The summed E-state index contributed by atoms with van der Waals surface area (Å²) in [6.07, 6.45) is -0.293. The summed E-state index contributed by atoms with van der Waals surface area (Å²) in [5.41, 5.74) is 10.5. The van der Waals surface area contributed by atoms with Gasteiger partial charge >= 0.3 is 0 Å². The molecule has 7 aromatic rings. The number of fused-ring (bicyclic) bond motifs is 1. The first-order valence-corrected chi connectivity index (χ1v) is 16.0. The van der Waals surface area contributed by atoms with E-state index in [1.165, 1.54) is 16.3 Å². The fourth-order valence-electron chi connectivity index (χ4n) is 6.34. The fraction of sp³-hybridized carbons (Fsp3) is 0.0227. The topological polar surface area (TPSA) is 60.5 Å². The van der Waals surface area contributed by atoms with E-state index in [4.69, 9.17) is 9.98 Å². The van der Waals surface area contributed by atoms with Crippen LogP contribution in [0.4, 0.5) is 0 Å². The van der Waals surface area contributed by atoms with Crippen LogP contribution in [0.3, 0.4) is 0 Å². The van der Waals surface area contributed by atoms with Crippen LogP contribution in [-0.2, 0) is 0 Å². The number of hydrogen-bond acceptors (Lipinski definition) is 4. The van der Waals surface area contributed by atoms with Gasteiger partial charge in [-0.25, -0.2) is 9.98 Å². The second kappa shape index (κ2) is 12.7. The van der Waals surface area contributed by atoms with E-state index in [1.807, 2.05) is 60.7 Å². The highest BCUT2D eigenvalue weighted by Gasteiger charge is 2.21. The highest BCUT2D eigenvalue weighted by atomic mass is 15.2. The van der Waals surface area contributed by atoms with Crippen molar-refractivity contribution in [3.05, 3.63) is 192 Å². The molecule has 0 bridgehead atoms. The van der Waals surface area contributed by atoms with Crippen molar-refractivity contribution >= 4 is 22.4 Å². The molecule has 0 saturated heterocycles. The first kappa shape index (κ1) is 28.9. The predicted octanol–water partition coefficient (Wildman–Crippen LogP) is 10.2. The Morgan fingerprint density at radius 2 is 1.17 bits per heavy atom. The standard InChI is InChI=1S/C44H30N4/c45-29-30-18-20-31(21-19-30)37-15-9-16-38(28-37)40-27-26-32-10-7-8-17-39(32)41(40)33-22-24-36(25-23-33)44-47-42(34-11-3-1-4-12-34)46-43(48-44)35-13-5-2-6-14-35/h1-28,44H,(H,46,47,48). The van der Waals surface area contributed by atoms with E-state index in [1.54, 1.807) is 0 Å². The van der Waals surface area contributed by atoms with Gasteiger partial charge < -0.3 is 5.32 Å². The predicted molar refractivity (Wildman–Crippen MR) is 197 cm³/mol. The Hall–Kier alpha value is -6.57. The van der Waals surface area contributed by atoms with Crippen LogP contribution in [0.15, 0.2) is 180 Å². The van der Waals surface area contributed by atoms with Gasteiger partial charge in [0.05, 0.1) is 11.6 Å². The molecule has 8 rings (SSSR count). The Bertz CT molecular complexity index is 2350. The van der Waals surface area contributed by atoms with Crippen LogP contribution in [0.25, 0.3) is 44.2 Å². The third-order valence-corrected chi connectivity index (χ3v) is 8.79. The van der Waals surface area contributed by atoms with Crippen molar-refractivity contribution in [2.75, 3.05) is 0 Å². The van der Waals surface area contributed by atoms with Gasteiger partial charge in [0.25, 0.3) is 0 Å². The molecule has 0 spiro atoms. The maximum absolute atomic E-state index is 9.26. The molecule has 1 unspecified atom stereocenters. The molecule has 0 amide bonds. The molecule has 7 aromatic carbocycles. The summed E-state index contributed by atoms with van der Waals surface area (Å²) in [6, 6.07) is 60.7. The zero-order chi connectivity index (χ0) is 32.3. The Kier molecular flexibility index (Phi) is 7.62. The molecule has 1 N–H and O–H groups in total. The first-order valence-electron chi connectivity index (χ1n) is 16.0. The van der Waals surface area contributed by atoms with Crippen LogP contribution >= 0.6 is 0 Å². The lowest BCUT2D eigenvalue weighted by molar-refractivity contribution is 0.674. The van der Waals surface area contributed by atoms with Crippen molar-refractivity contribution in [3.8, 4) is 39.4 Å². The van der Waals surface area contributed by atoms with Gasteiger partial charge in [0.2, 0.25) is 0 Å². The maximum atomic E-state index is 9.26. The molecule has 0 radical (unpaired) electrons.